The van der Waals surface area contributed by atoms with E-state index in [9.17, 15) is 34.5 Å². The van der Waals surface area contributed by atoms with Crippen molar-refractivity contribution in [1.29, 1.82) is 10.5 Å². The molecule has 0 aliphatic rings. The van der Waals surface area contributed by atoms with Crippen molar-refractivity contribution >= 4 is 30.4 Å². The SMILES string of the molecule is CC#N.CC#N.CCCCCCCCCCCCCCCCP(CCCCCCCCCCCCCCCC)CCCP(CCCCCCCCCCCCCCCC)CCCCCCCCCCCCCCCC.F[B-](F)(F)F.F[B-](F)(F)F.[Pd+2]. The summed E-state index contributed by atoms with van der Waals surface area (Å²) in [5.41, 5.74) is 0. The Morgan fingerprint density at radius 3 is 0.395 bits per heavy atom. The first kappa shape index (κ1) is 97.2. The van der Waals surface area contributed by atoms with Crippen molar-refractivity contribution in [2.24, 2.45) is 0 Å². The Morgan fingerprint density at radius 1 is 0.209 bits per heavy atom. The summed E-state index contributed by atoms with van der Waals surface area (Å²) in [6.07, 6.45) is 94.8. The fourth-order valence-corrected chi connectivity index (χ4v) is 16.8. The molecular weight excluding hydrogens is 1220 g/mol. The molecule has 520 valence electrons. The predicted molar refractivity (Wildman–Crippen MR) is 372 cm³/mol. The second-order valence-corrected chi connectivity index (χ2v) is 30.2. The van der Waals surface area contributed by atoms with Crippen molar-refractivity contribution in [1.82, 2.24) is 0 Å². The van der Waals surface area contributed by atoms with Crippen LogP contribution in [-0.2, 0) is 20.4 Å². The van der Waals surface area contributed by atoms with E-state index in [1.807, 2.05) is 0 Å². The van der Waals surface area contributed by atoms with Crippen LogP contribution in [0.2, 0.25) is 0 Å². The molecule has 0 heterocycles. The van der Waals surface area contributed by atoms with Crippen LogP contribution in [0.25, 0.3) is 0 Å². The van der Waals surface area contributed by atoms with Crippen LogP contribution >= 0.6 is 15.8 Å². The van der Waals surface area contributed by atoms with E-state index < -0.39 is 14.5 Å². The molecule has 0 bridgehead atoms. The molecule has 15 heteroatoms. The molecule has 0 unspecified atom stereocenters. The number of nitriles is 2. The minimum Gasteiger partial charge on any atom is -0.418 e. The van der Waals surface area contributed by atoms with Crippen molar-refractivity contribution in [2.75, 3.05) is 37.0 Å². The monoisotopic (exact) mass is 1370 g/mol. The Hall–Kier alpha value is 0.0722. The number of halogens is 8. The Labute approximate surface area is 549 Å². The Kier molecular flexibility index (Phi) is 98.4. The quantitative estimate of drug-likeness (QED) is 0.0264. The molecule has 0 fully saturated rings. The first-order chi connectivity index (χ1) is 41.1. The van der Waals surface area contributed by atoms with E-state index in [0.717, 1.165) is 0 Å². The summed E-state index contributed by atoms with van der Waals surface area (Å²) < 4.78 is 78.0. The normalized spacial score (nSPS) is 11.1. The summed E-state index contributed by atoms with van der Waals surface area (Å²) in [7, 11) is -11.5. The number of hydrogen-bond donors (Lipinski definition) is 0. The van der Waals surface area contributed by atoms with Crippen LogP contribution in [-0.4, -0.2) is 51.5 Å². The molecule has 0 saturated carbocycles. The first-order valence-corrected chi connectivity index (χ1v) is 40.7. The fourth-order valence-electron chi connectivity index (χ4n) is 11.3. The number of nitrogens with zero attached hydrogens (tertiary/aromatic N) is 2. The molecule has 2 nitrogen and oxygen atoms in total. The zero-order valence-corrected chi connectivity index (χ0v) is 61.2. The first-order valence-electron chi connectivity index (χ1n) is 36.9. The van der Waals surface area contributed by atoms with Gasteiger partial charge in [-0.3, -0.25) is 0 Å². The van der Waals surface area contributed by atoms with E-state index in [0.29, 0.717) is 0 Å². The van der Waals surface area contributed by atoms with Gasteiger partial charge in [-0.05, 0) is 69.1 Å². The Morgan fingerprint density at radius 2 is 0.291 bits per heavy atom. The summed E-state index contributed by atoms with van der Waals surface area (Å²) in [5.74, 6) is 0. The van der Waals surface area contributed by atoms with Gasteiger partial charge in [-0.1, -0.05) is 362 Å². The van der Waals surface area contributed by atoms with Crippen molar-refractivity contribution < 1.29 is 54.9 Å². The average Bonchev–Trinajstić information content (AvgIpc) is 3.46. The van der Waals surface area contributed by atoms with E-state index in [-0.39, 0.29) is 36.3 Å². The predicted octanol–water partition coefficient (Wildman–Crippen LogP) is 29.9. The van der Waals surface area contributed by atoms with Crippen molar-refractivity contribution in [2.45, 2.75) is 408 Å². The molecule has 0 aromatic rings. The van der Waals surface area contributed by atoms with Gasteiger partial charge in [-0.2, -0.15) is 10.5 Å². The average molecular weight is 1370 g/mol. The minimum absolute atomic E-state index is 0. The number of hydrogen-bond acceptors (Lipinski definition) is 2. The molecule has 0 aromatic carbocycles. The van der Waals surface area contributed by atoms with Crippen LogP contribution in [0.5, 0.6) is 0 Å². The third kappa shape index (κ3) is 118. The maximum atomic E-state index is 9.75. The summed E-state index contributed by atoms with van der Waals surface area (Å²) in [4.78, 5) is 0. The van der Waals surface area contributed by atoms with Crippen LogP contribution in [0.4, 0.5) is 34.5 Å². The summed E-state index contributed by atoms with van der Waals surface area (Å²) in [5, 5.41) is 14.6. The van der Waals surface area contributed by atoms with Gasteiger partial charge in [0.05, 0.1) is 12.1 Å². The van der Waals surface area contributed by atoms with E-state index in [1.165, 1.54) is 348 Å². The molecule has 0 N–H and O–H groups in total. The third-order valence-corrected chi connectivity index (χ3v) is 22.0. The molecular formula is C71H144B2F8N2P2Pd. The molecule has 0 saturated heterocycles. The van der Waals surface area contributed by atoms with E-state index in [2.05, 4.69) is 27.7 Å². The van der Waals surface area contributed by atoms with Crippen molar-refractivity contribution in [3.63, 3.8) is 0 Å². The Bertz CT molecular complexity index is 1100. The second kappa shape index (κ2) is 87.1. The number of unbranched alkanes of at least 4 members (excludes halogenated alkanes) is 52. The second-order valence-electron chi connectivity index (χ2n) is 24.9. The van der Waals surface area contributed by atoms with Crippen LogP contribution in [0, 0.1) is 22.7 Å². The van der Waals surface area contributed by atoms with Crippen molar-refractivity contribution in [3.05, 3.63) is 0 Å². The van der Waals surface area contributed by atoms with Crippen LogP contribution < -0.4 is 0 Å². The molecule has 0 spiro atoms. The molecule has 0 aromatic heterocycles. The largest absolute Gasteiger partial charge is 2.00 e. The van der Waals surface area contributed by atoms with E-state index in [1.54, 1.807) is 81.2 Å². The molecule has 86 heavy (non-hydrogen) atoms. The Balaban J connectivity index is -0.000000829. The summed E-state index contributed by atoms with van der Waals surface area (Å²) in [6.45, 7) is 12.2. The van der Waals surface area contributed by atoms with Crippen LogP contribution in [0.15, 0.2) is 0 Å². The summed E-state index contributed by atoms with van der Waals surface area (Å²) >= 11 is 0. The fraction of sp³-hybridized carbons (Fsp3) is 0.972. The van der Waals surface area contributed by atoms with E-state index in [4.69, 9.17) is 10.5 Å². The molecule has 0 atom stereocenters. The van der Waals surface area contributed by atoms with Gasteiger partial charge in [-0.15, -0.1) is 15.8 Å². The third-order valence-electron chi connectivity index (χ3n) is 16.3. The van der Waals surface area contributed by atoms with Gasteiger partial charge >= 0.3 is 34.9 Å². The number of rotatable bonds is 64. The van der Waals surface area contributed by atoms with Gasteiger partial charge < -0.3 is 34.5 Å². The zero-order valence-electron chi connectivity index (χ0n) is 57.8. The van der Waals surface area contributed by atoms with Crippen LogP contribution in [0.3, 0.4) is 0 Å². The van der Waals surface area contributed by atoms with Gasteiger partial charge in [0.1, 0.15) is 0 Å². The molecule has 0 rings (SSSR count). The van der Waals surface area contributed by atoms with Crippen LogP contribution in [0.1, 0.15) is 408 Å². The topological polar surface area (TPSA) is 47.6 Å². The standard InChI is InChI=1S/C67H138P2.2C2H3N.2BF4.Pd/c1-5-9-13-17-21-25-29-33-37-41-45-49-53-57-62-68(63-58-54-50-46-42-38-34-30-26-22-18-14-10-6-2)66-61-67-69(64-59-55-51-47-43-39-35-31-27-23-19-15-11-7-3)65-60-56-52-48-44-40-36-32-28-24-20-16-12-8-4;2*1-2-3;2*2-1(3,4)5;/h5-67H2,1-4H3;2*1H3;;;/q;;;2*-1;+2. The van der Waals surface area contributed by atoms with Gasteiger partial charge in [0, 0.05) is 13.8 Å². The molecule has 0 aliphatic carbocycles. The summed E-state index contributed by atoms with van der Waals surface area (Å²) in [6, 6.07) is 3.50. The van der Waals surface area contributed by atoms with Gasteiger partial charge in [0.15, 0.2) is 0 Å². The zero-order chi connectivity index (χ0) is 64.1. The van der Waals surface area contributed by atoms with Gasteiger partial charge in [0.2, 0.25) is 0 Å². The minimum atomic E-state index is -6.00. The maximum Gasteiger partial charge on any atom is 2.00 e. The van der Waals surface area contributed by atoms with E-state index >= 15 is 0 Å². The van der Waals surface area contributed by atoms with Gasteiger partial charge in [-0.25, -0.2) is 0 Å². The molecule has 0 radical (unpaired) electrons. The van der Waals surface area contributed by atoms with Gasteiger partial charge in [0.25, 0.3) is 0 Å². The molecule has 0 aliphatic heterocycles. The smallest absolute Gasteiger partial charge is 0.418 e. The maximum absolute atomic E-state index is 9.75. The molecule has 0 amide bonds. The van der Waals surface area contributed by atoms with Crippen molar-refractivity contribution in [3.8, 4) is 12.1 Å².